The molecule has 2 aromatic carbocycles. The van der Waals surface area contributed by atoms with Crippen LogP contribution in [0.3, 0.4) is 0 Å². The van der Waals surface area contributed by atoms with E-state index in [2.05, 4.69) is 55.0 Å². The molecule has 1 fully saturated rings. The van der Waals surface area contributed by atoms with E-state index in [0.29, 0.717) is 31.1 Å². The van der Waals surface area contributed by atoms with Gasteiger partial charge in [0, 0.05) is 43.4 Å². The van der Waals surface area contributed by atoms with Gasteiger partial charge in [0.25, 0.3) is 0 Å². The molecule has 0 spiro atoms. The quantitative estimate of drug-likeness (QED) is 0.240. The Kier molecular flexibility index (Phi) is 8.29. The minimum Gasteiger partial charge on any atom is -0.446 e. The number of fused-ring (bicyclic) bond motifs is 2. The van der Waals surface area contributed by atoms with Crippen LogP contribution in [0.1, 0.15) is 30.9 Å². The van der Waals surface area contributed by atoms with Crippen LogP contribution in [0.5, 0.6) is 0 Å². The molecule has 1 amide bonds. The normalized spacial score (nSPS) is 14.4. The summed E-state index contributed by atoms with van der Waals surface area (Å²) in [6.45, 7) is 6.15. The van der Waals surface area contributed by atoms with E-state index in [1.54, 1.807) is 11.6 Å². The molecule has 5 aromatic rings. The second-order valence-corrected chi connectivity index (χ2v) is 10.5. The third-order valence-corrected chi connectivity index (χ3v) is 7.77. The Morgan fingerprint density at radius 1 is 1.10 bits per heavy atom. The number of hydrogen-bond donors (Lipinski definition) is 2. The van der Waals surface area contributed by atoms with Crippen molar-refractivity contribution in [2.24, 2.45) is 0 Å². The number of piperidine rings is 1. The zero-order chi connectivity index (χ0) is 28.9. The molecule has 3 aromatic heterocycles. The first-order valence-electron chi connectivity index (χ1n) is 14.4. The molecule has 0 radical (unpaired) electrons. The zero-order valence-electron chi connectivity index (χ0n) is 24.0. The van der Waals surface area contributed by atoms with Crippen LogP contribution in [0.4, 0.5) is 22.0 Å². The molecule has 2 N–H and O–H groups in total. The number of rotatable bonds is 10. The van der Waals surface area contributed by atoms with Crippen LogP contribution in [-0.2, 0) is 22.4 Å². The van der Waals surface area contributed by atoms with Crippen LogP contribution in [0.15, 0.2) is 67.3 Å². The molecule has 0 saturated carbocycles. The van der Waals surface area contributed by atoms with Crippen molar-refractivity contribution in [2.45, 2.75) is 38.8 Å². The molecule has 4 heterocycles. The molecule has 0 atom stereocenters. The fraction of sp³-hybridized carbons (Fsp3) is 0.355. The van der Waals surface area contributed by atoms with Crippen molar-refractivity contribution in [3.05, 3.63) is 78.4 Å². The van der Waals surface area contributed by atoms with Gasteiger partial charge in [-0.25, -0.2) is 14.3 Å². The highest BCUT2D eigenvalue weighted by Gasteiger charge is 2.23. The Balaban J connectivity index is 1.16. The van der Waals surface area contributed by atoms with Crippen LogP contribution < -0.4 is 10.6 Å². The van der Waals surface area contributed by atoms with Crippen LogP contribution in [0, 0.1) is 0 Å². The maximum Gasteiger partial charge on any atom is 0.411 e. The van der Waals surface area contributed by atoms with Crippen LogP contribution in [0.2, 0.25) is 0 Å². The first-order chi connectivity index (χ1) is 20.6. The summed E-state index contributed by atoms with van der Waals surface area (Å²) < 4.78 is 14.7. The molecule has 42 heavy (non-hydrogen) atoms. The minimum atomic E-state index is -0.448. The van der Waals surface area contributed by atoms with Gasteiger partial charge in [-0.2, -0.15) is 10.2 Å². The number of carbonyl (C=O) groups excluding carboxylic acids is 1. The fourth-order valence-electron chi connectivity index (χ4n) is 5.58. The van der Waals surface area contributed by atoms with Crippen molar-refractivity contribution in [3.63, 3.8) is 0 Å². The van der Waals surface area contributed by atoms with Crippen LogP contribution >= 0.6 is 0 Å². The molecular formula is C31H36N8O3. The summed E-state index contributed by atoms with van der Waals surface area (Å²) in [7, 11) is 1.71. The average Bonchev–Trinajstić information content (AvgIpc) is 3.57. The van der Waals surface area contributed by atoms with Crippen molar-refractivity contribution in [3.8, 4) is 0 Å². The Morgan fingerprint density at radius 2 is 1.93 bits per heavy atom. The standard InChI is InChI=1S/C31H36N8O3/c1-3-26-27(36-31(40)42-25-11-13-37(14-12-25)15-16-41-2)20-39-29(26)30(32-21-34-39)35-24-9-10-28-23(17-24)18-33-38(28)19-22-7-5-4-6-8-22/h4-10,17-18,20-21,25H,3,11-16,19H2,1-2H3,(H,36,40)(H,32,34,35). The highest BCUT2D eigenvalue weighted by Crippen LogP contribution is 2.31. The molecule has 11 heteroatoms. The number of ether oxygens (including phenoxy) is 2. The Hall–Kier alpha value is -4.48. The fourth-order valence-corrected chi connectivity index (χ4v) is 5.58. The number of anilines is 3. The molecule has 0 aliphatic carbocycles. The number of aromatic nitrogens is 5. The molecule has 11 nitrogen and oxygen atoms in total. The lowest BCUT2D eigenvalue weighted by Gasteiger charge is -2.31. The highest BCUT2D eigenvalue weighted by atomic mass is 16.6. The number of likely N-dealkylation sites (tertiary alicyclic amines) is 1. The second-order valence-electron chi connectivity index (χ2n) is 10.5. The monoisotopic (exact) mass is 568 g/mol. The number of methoxy groups -OCH3 is 1. The molecule has 1 aliphatic rings. The maximum atomic E-state index is 12.9. The molecule has 0 unspecified atom stereocenters. The first-order valence-corrected chi connectivity index (χ1v) is 14.4. The van der Waals surface area contributed by atoms with Gasteiger partial charge in [0.15, 0.2) is 5.82 Å². The summed E-state index contributed by atoms with van der Waals surface area (Å²) in [4.78, 5) is 19.7. The number of aryl methyl sites for hydroxylation is 1. The molecular weight excluding hydrogens is 532 g/mol. The Labute approximate surface area is 244 Å². The Bertz CT molecular complexity index is 1660. The predicted octanol–water partition coefficient (Wildman–Crippen LogP) is 5.09. The predicted molar refractivity (Wildman–Crippen MR) is 162 cm³/mol. The van der Waals surface area contributed by atoms with Gasteiger partial charge in [-0.05, 0) is 43.0 Å². The lowest BCUT2D eigenvalue weighted by Crippen LogP contribution is -2.39. The van der Waals surface area contributed by atoms with E-state index in [1.807, 2.05) is 48.3 Å². The third kappa shape index (κ3) is 6.07. The maximum absolute atomic E-state index is 12.9. The third-order valence-electron chi connectivity index (χ3n) is 7.77. The molecule has 1 aliphatic heterocycles. The molecule has 1 saturated heterocycles. The average molecular weight is 569 g/mol. The Morgan fingerprint density at radius 3 is 2.71 bits per heavy atom. The van der Waals surface area contributed by atoms with Crippen molar-refractivity contribution >= 4 is 39.7 Å². The van der Waals surface area contributed by atoms with Crippen LogP contribution in [-0.4, -0.2) is 74.8 Å². The van der Waals surface area contributed by atoms with Gasteiger partial charge < -0.3 is 19.7 Å². The number of carbonyl (C=O) groups is 1. The number of nitrogens with one attached hydrogen (secondary N) is 2. The van der Waals surface area contributed by atoms with Gasteiger partial charge in [-0.3, -0.25) is 10.00 Å². The number of hydrogen-bond acceptors (Lipinski definition) is 8. The highest BCUT2D eigenvalue weighted by molar-refractivity contribution is 5.91. The van der Waals surface area contributed by atoms with Gasteiger partial charge in [-0.1, -0.05) is 37.3 Å². The molecule has 6 rings (SSSR count). The summed E-state index contributed by atoms with van der Waals surface area (Å²) in [6, 6.07) is 16.4. The van der Waals surface area contributed by atoms with Gasteiger partial charge >= 0.3 is 6.09 Å². The van der Waals surface area contributed by atoms with Gasteiger partial charge in [0.2, 0.25) is 0 Å². The second kappa shape index (κ2) is 12.6. The number of nitrogens with zero attached hydrogens (tertiary/aromatic N) is 6. The number of benzene rings is 2. The SMILES string of the molecule is CCc1c(NC(=O)OC2CCN(CCOC)CC2)cn2ncnc(Nc3ccc4c(cnn4Cc4ccccc4)c3)c12. The number of amides is 1. The zero-order valence-corrected chi connectivity index (χ0v) is 24.0. The first kappa shape index (κ1) is 27.7. The van der Waals surface area contributed by atoms with Crippen LogP contribution in [0.25, 0.3) is 16.4 Å². The van der Waals surface area contributed by atoms with E-state index in [1.165, 1.54) is 11.9 Å². The van der Waals surface area contributed by atoms with Crippen molar-refractivity contribution in [1.29, 1.82) is 0 Å². The summed E-state index contributed by atoms with van der Waals surface area (Å²) >= 11 is 0. The summed E-state index contributed by atoms with van der Waals surface area (Å²) in [5, 5.41) is 16.5. The van der Waals surface area contributed by atoms with E-state index in [0.717, 1.165) is 60.1 Å². The lowest BCUT2D eigenvalue weighted by atomic mass is 10.1. The van der Waals surface area contributed by atoms with E-state index in [9.17, 15) is 4.79 Å². The molecule has 0 bridgehead atoms. The molecule has 218 valence electrons. The van der Waals surface area contributed by atoms with E-state index < -0.39 is 6.09 Å². The van der Waals surface area contributed by atoms with Crippen molar-refractivity contribution in [2.75, 3.05) is 44.0 Å². The van der Waals surface area contributed by atoms with Crippen molar-refractivity contribution in [1.82, 2.24) is 29.3 Å². The largest absolute Gasteiger partial charge is 0.446 e. The van der Waals surface area contributed by atoms with E-state index in [-0.39, 0.29) is 6.10 Å². The van der Waals surface area contributed by atoms with Crippen molar-refractivity contribution < 1.29 is 14.3 Å². The van der Waals surface area contributed by atoms with Gasteiger partial charge in [0.1, 0.15) is 17.9 Å². The topological polar surface area (TPSA) is 111 Å². The minimum absolute atomic E-state index is 0.102. The van der Waals surface area contributed by atoms with Gasteiger partial charge in [-0.15, -0.1) is 0 Å². The summed E-state index contributed by atoms with van der Waals surface area (Å²) in [5.41, 5.74) is 5.55. The summed E-state index contributed by atoms with van der Waals surface area (Å²) in [6.07, 6.45) is 6.94. The smallest absolute Gasteiger partial charge is 0.411 e. The van der Waals surface area contributed by atoms with Gasteiger partial charge in [0.05, 0.1) is 36.7 Å². The lowest BCUT2D eigenvalue weighted by molar-refractivity contribution is 0.0497. The summed E-state index contributed by atoms with van der Waals surface area (Å²) in [5.74, 6) is 0.655. The van der Waals surface area contributed by atoms with E-state index >= 15 is 0 Å². The van der Waals surface area contributed by atoms with E-state index in [4.69, 9.17) is 9.47 Å².